The maximum Gasteiger partial charge on any atom is 0.329 e. The van der Waals surface area contributed by atoms with Crippen molar-refractivity contribution < 1.29 is 14.6 Å². The molecule has 1 aromatic heterocycles. The summed E-state index contributed by atoms with van der Waals surface area (Å²) in [6.07, 6.45) is 1.62. The molecule has 17 heavy (non-hydrogen) atoms. The van der Waals surface area contributed by atoms with E-state index in [1.165, 1.54) is 11.8 Å². The van der Waals surface area contributed by atoms with Crippen LogP contribution in [0.2, 0.25) is 0 Å². The van der Waals surface area contributed by atoms with Gasteiger partial charge in [-0.2, -0.15) is 0 Å². The highest BCUT2D eigenvalue weighted by molar-refractivity contribution is 5.76. The molecular formula is C10H18N4O3. The fourth-order valence-corrected chi connectivity index (χ4v) is 1.38. The highest BCUT2D eigenvalue weighted by Gasteiger charge is 2.24. The Morgan fingerprint density at radius 3 is 2.88 bits per heavy atom. The summed E-state index contributed by atoms with van der Waals surface area (Å²) in [5, 5.41) is 19.5. The first-order chi connectivity index (χ1) is 8.08. The van der Waals surface area contributed by atoms with Crippen LogP contribution >= 0.6 is 0 Å². The molecule has 0 aliphatic carbocycles. The number of hydrogen-bond donors (Lipinski definition) is 2. The lowest BCUT2D eigenvalue weighted by Gasteiger charge is -2.16. The largest absolute Gasteiger partial charge is 0.468 e. The van der Waals surface area contributed by atoms with Crippen molar-refractivity contribution in [2.45, 2.75) is 32.5 Å². The van der Waals surface area contributed by atoms with E-state index in [1.807, 2.05) is 13.8 Å². The summed E-state index contributed by atoms with van der Waals surface area (Å²) in [5.41, 5.74) is 0.485. The van der Waals surface area contributed by atoms with Crippen LogP contribution in [-0.4, -0.2) is 45.8 Å². The second-order valence-corrected chi connectivity index (χ2v) is 3.91. The molecule has 0 aromatic carbocycles. The molecule has 1 atom stereocenters. The van der Waals surface area contributed by atoms with E-state index in [0.717, 1.165) is 0 Å². The number of carbonyl (C=O) groups excluding carboxylic acids is 1. The number of rotatable bonds is 6. The van der Waals surface area contributed by atoms with Gasteiger partial charge in [0.2, 0.25) is 0 Å². The SMILES string of the molecule is COC(=O)C(NC(C)C)c1cn(CCO)nn1. The van der Waals surface area contributed by atoms with Crippen LogP contribution in [0.1, 0.15) is 25.6 Å². The summed E-state index contributed by atoms with van der Waals surface area (Å²) >= 11 is 0. The zero-order valence-corrected chi connectivity index (χ0v) is 10.3. The Morgan fingerprint density at radius 2 is 2.35 bits per heavy atom. The molecule has 2 N–H and O–H groups in total. The Morgan fingerprint density at radius 1 is 1.65 bits per heavy atom. The zero-order valence-electron chi connectivity index (χ0n) is 10.3. The Balaban J connectivity index is 2.83. The van der Waals surface area contributed by atoms with Gasteiger partial charge in [0.15, 0.2) is 6.04 Å². The van der Waals surface area contributed by atoms with E-state index in [2.05, 4.69) is 15.6 Å². The molecule has 0 fully saturated rings. The Kier molecular flexibility index (Phi) is 5.05. The number of aliphatic hydroxyl groups is 1. The van der Waals surface area contributed by atoms with E-state index in [0.29, 0.717) is 12.2 Å². The van der Waals surface area contributed by atoms with E-state index < -0.39 is 12.0 Å². The molecule has 0 amide bonds. The van der Waals surface area contributed by atoms with Crippen molar-refractivity contribution in [3.63, 3.8) is 0 Å². The summed E-state index contributed by atoms with van der Waals surface area (Å²) in [6.45, 7) is 4.17. The number of methoxy groups -OCH3 is 1. The topological polar surface area (TPSA) is 89.3 Å². The second kappa shape index (κ2) is 6.31. The summed E-state index contributed by atoms with van der Waals surface area (Å²) in [4.78, 5) is 11.6. The van der Waals surface area contributed by atoms with Gasteiger partial charge in [0.05, 0.1) is 26.5 Å². The number of aromatic nitrogens is 3. The van der Waals surface area contributed by atoms with Crippen molar-refractivity contribution >= 4 is 5.97 Å². The summed E-state index contributed by atoms with van der Waals surface area (Å²) in [7, 11) is 1.33. The van der Waals surface area contributed by atoms with Crippen molar-refractivity contribution in [1.82, 2.24) is 20.3 Å². The molecule has 1 unspecified atom stereocenters. The normalized spacial score (nSPS) is 12.8. The predicted octanol–water partition coefficient (Wildman–Crippen LogP) is -0.517. The zero-order chi connectivity index (χ0) is 12.8. The van der Waals surface area contributed by atoms with E-state index in [-0.39, 0.29) is 12.6 Å². The van der Waals surface area contributed by atoms with E-state index in [9.17, 15) is 4.79 Å². The fourth-order valence-electron chi connectivity index (χ4n) is 1.38. The maximum absolute atomic E-state index is 11.6. The van der Waals surface area contributed by atoms with Gasteiger partial charge in [0, 0.05) is 6.04 Å². The number of hydrogen-bond acceptors (Lipinski definition) is 6. The summed E-state index contributed by atoms with van der Waals surface area (Å²) in [6, 6.07) is -0.519. The van der Waals surface area contributed by atoms with Gasteiger partial charge in [-0.15, -0.1) is 5.10 Å². The average Bonchev–Trinajstić information content (AvgIpc) is 2.73. The van der Waals surface area contributed by atoms with Crippen LogP contribution in [-0.2, 0) is 16.1 Å². The monoisotopic (exact) mass is 242 g/mol. The van der Waals surface area contributed by atoms with E-state index in [4.69, 9.17) is 9.84 Å². The van der Waals surface area contributed by atoms with Gasteiger partial charge >= 0.3 is 5.97 Å². The first-order valence-corrected chi connectivity index (χ1v) is 5.43. The standard InChI is InChI=1S/C10H18N4O3/c1-7(2)11-9(10(16)17-3)8-6-14(4-5-15)13-12-8/h6-7,9,11,15H,4-5H2,1-3H3. The van der Waals surface area contributed by atoms with Crippen molar-refractivity contribution in [1.29, 1.82) is 0 Å². The van der Waals surface area contributed by atoms with Gasteiger partial charge in [-0.1, -0.05) is 5.21 Å². The molecule has 1 rings (SSSR count). The average molecular weight is 242 g/mol. The molecule has 96 valence electrons. The lowest BCUT2D eigenvalue weighted by molar-refractivity contribution is -0.143. The molecule has 0 spiro atoms. The first kappa shape index (κ1) is 13.6. The molecule has 0 aliphatic rings. The molecule has 7 heteroatoms. The molecular weight excluding hydrogens is 224 g/mol. The third-order valence-corrected chi connectivity index (χ3v) is 2.12. The smallest absolute Gasteiger partial charge is 0.329 e. The number of carbonyl (C=O) groups is 1. The number of aliphatic hydroxyl groups excluding tert-OH is 1. The van der Waals surface area contributed by atoms with E-state index in [1.54, 1.807) is 6.20 Å². The van der Waals surface area contributed by atoms with E-state index >= 15 is 0 Å². The summed E-state index contributed by atoms with van der Waals surface area (Å²) in [5.74, 6) is -0.408. The Bertz CT molecular complexity index is 364. The first-order valence-electron chi connectivity index (χ1n) is 5.43. The van der Waals surface area contributed by atoms with Gasteiger partial charge < -0.3 is 9.84 Å². The third-order valence-electron chi connectivity index (χ3n) is 2.12. The minimum Gasteiger partial charge on any atom is -0.468 e. The maximum atomic E-state index is 11.6. The quantitative estimate of drug-likeness (QED) is 0.653. The van der Waals surface area contributed by atoms with Crippen molar-refractivity contribution in [3.05, 3.63) is 11.9 Å². The highest BCUT2D eigenvalue weighted by atomic mass is 16.5. The molecule has 0 radical (unpaired) electrons. The predicted molar refractivity (Wildman–Crippen MR) is 60.1 cm³/mol. The number of nitrogens with zero attached hydrogens (tertiary/aromatic N) is 3. The van der Waals surface area contributed by atoms with Crippen LogP contribution in [0.3, 0.4) is 0 Å². The fraction of sp³-hybridized carbons (Fsp3) is 0.700. The number of ether oxygens (including phenoxy) is 1. The lowest BCUT2D eigenvalue weighted by Crippen LogP contribution is -2.34. The van der Waals surface area contributed by atoms with Crippen LogP contribution in [0.5, 0.6) is 0 Å². The van der Waals surface area contributed by atoms with Crippen LogP contribution in [0.25, 0.3) is 0 Å². The van der Waals surface area contributed by atoms with Crippen LogP contribution in [0, 0.1) is 0 Å². The van der Waals surface area contributed by atoms with Crippen molar-refractivity contribution in [3.8, 4) is 0 Å². The Labute approximate surface area is 99.8 Å². The van der Waals surface area contributed by atoms with Gasteiger partial charge in [-0.3, -0.25) is 5.32 Å². The molecule has 1 aromatic rings. The lowest BCUT2D eigenvalue weighted by atomic mass is 10.2. The number of nitrogens with one attached hydrogen (secondary N) is 1. The Hall–Kier alpha value is -1.47. The van der Waals surface area contributed by atoms with Crippen LogP contribution in [0.4, 0.5) is 0 Å². The second-order valence-electron chi connectivity index (χ2n) is 3.91. The summed E-state index contributed by atoms with van der Waals surface area (Å²) < 4.78 is 6.19. The van der Waals surface area contributed by atoms with Gasteiger partial charge in [-0.25, -0.2) is 9.48 Å². The van der Waals surface area contributed by atoms with Crippen LogP contribution in [0.15, 0.2) is 6.20 Å². The van der Waals surface area contributed by atoms with Crippen molar-refractivity contribution in [2.75, 3.05) is 13.7 Å². The minimum atomic E-state index is -0.632. The minimum absolute atomic E-state index is 0.0245. The molecule has 0 saturated carbocycles. The molecule has 0 aliphatic heterocycles. The highest BCUT2D eigenvalue weighted by Crippen LogP contribution is 2.12. The molecule has 0 saturated heterocycles. The van der Waals surface area contributed by atoms with Gasteiger partial charge in [-0.05, 0) is 13.8 Å². The van der Waals surface area contributed by atoms with Gasteiger partial charge in [0.25, 0.3) is 0 Å². The molecule has 0 bridgehead atoms. The van der Waals surface area contributed by atoms with Crippen LogP contribution < -0.4 is 5.32 Å². The van der Waals surface area contributed by atoms with Gasteiger partial charge in [0.1, 0.15) is 5.69 Å². The number of esters is 1. The third kappa shape index (κ3) is 3.79. The molecule has 7 nitrogen and oxygen atoms in total. The molecule has 1 heterocycles. The van der Waals surface area contributed by atoms with Crippen molar-refractivity contribution in [2.24, 2.45) is 0 Å².